The van der Waals surface area contributed by atoms with E-state index >= 15 is 0 Å². The Hall–Kier alpha value is -2.05. The van der Waals surface area contributed by atoms with Gasteiger partial charge in [-0.25, -0.2) is 4.79 Å². The lowest BCUT2D eigenvalue weighted by Gasteiger charge is -2.13. The van der Waals surface area contributed by atoms with Gasteiger partial charge in [-0.3, -0.25) is 0 Å². The molecule has 0 bridgehead atoms. The second-order valence-electron chi connectivity index (χ2n) is 5.89. The third-order valence-electron chi connectivity index (χ3n) is 3.94. The Morgan fingerprint density at radius 2 is 1.96 bits per heavy atom. The van der Waals surface area contributed by atoms with Crippen LogP contribution in [0, 0.1) is 0 Å². The van der Waals surface area contributed by atoms with Gasteiger partial charge in [-0.05, 0) is 59.1 Å². The van der Waals surface area contributed by atoms with Crippen molar-refractivity contribution in [1.29, 1.82) is 0 Å². The minimum absolute atomic E-state index is 0.149. The summed E-state index contributed by atoms with van der Waals surface area (Å²) in [5, 5.41) is 0. The average Bonchev–Trinajstić information content (AvgIpc) is 3.18. The van der Waals surface area contributed by atoms with Crippen molar-refractivity contribution >= 4 is 21.9 Å². The van der Waals surface area contributed by atoms with E-state index in [0.717, 1.165) is 25.2 Å². The van der Waals surface area contributed by atoms with Crippen molar-refractivity contribution in [3.63, 3.8) is 0 Å². The highest BCUT2D eigenvalue weighted by Crippen LogP contribution is 2.27. The highest BCUT2D eigenvalue weighted by Gasteiger charge is 2.17. The van der Waals surface area contributed by atoms with Crippen LogP contribution in [0.25, 0.3) is 0 Å². The molecule has 0 aromatic heterocycles. The van der Waals surface area contributed by atoms with Crippen LogP contribution in [-0.2, 0) is 9.47 Å². The first-order chi connectivity index (χ1) is 12.7. The molecule has 3 rings (SSSR count). The molecule has 0 spiro atoms. The number of halogens is 1. The molecule has 1 unspecified atom stereocenters. The normalized spacial score (nSPS) is 16.3. The van der Waals surface area contributed by atoms with Gasteiger partial charge in [-0.1, -0.05) is 18.2 Å². The van der Waals surface area contributed by atoms with Gasteiger partial charge >= 0.3 is 5.97 Å². The van der Waals surface area contributed by atoms with Gasteiger partial charge in [0.15, 0.2) is 0 Å². The number of para-hydroxylation sites is 1. The van der Waals surface area contributed by atoms with Gasteiger partial charge in [0.25, 0.3) is 0 Å². The number of carbonyl (C=O) groups is 1. The van der Waals surface area contributed by atoms with Crippen molar-refractivity contribution in [3.8, 4) is 11.5 Å². The van der Waals surface area contributed by atoms with Gasteiger partial charge < -0.3 is 18.9 Å². The standard InChI is InChI=1S/C20H21BrO5/c21-18-13-15(8-9-19(18)26-14-17-7-4-10-23-17)20(22)25-12-11-24-16-5-2-1-3-6-16/h1-3,5-6,8-9,13,17H,4,7,10-12,14H2. The van der Waals surface area contributed by atoms with Crippen LogP contribution in [0.1, 0.15) is 23.2 Å². The van der Waals surface area contributed by atoms with E-state index < -0.39 is 5.97 Å². The summed E-state index contributed by atoms with van der Waals surface area (Å²) in [5.74, 6) is 1.04. The lowest BCUT2D eigenvalue weighted by atomic mass is 10.2. The zero-order valence-electron chi connectivity index (χ0n) is 14.4. The molecule has 2 aromatic carbocycles. The van der Waals surface area contributed by atoms with Gasteiger partial charge in [0, 0.05) is 6.61 Å². The second-order valence-corrected chi connectivity index (χ2v) is 6.74. The van der Waals surface area contributed by atoms with Crippen LogP contribution in [0.4, 0.5) is 0 Å². The van der Waals surface area contributed by atoms with E-state index in [0.29, 0.717) is 29.0 Å². The molecule has 0 amide bonds. The van der Waals surface area contributed by atoms with Crippen molar-refractivity contribution in [3.05, 3.63) is 58.6 Å². The molecule has 0 N–H and O–H groups in total. The lowest BCUT2D eigenvalue weighted by Crippen LogP contribution is -2.16. The van der Waals surface area contributed by atoms with E-state index in [4.69, 9.17) is 18.9 Å². The van der Waals surface area contributed by atoms with Gasteiger partial charge in [-0.2, -0.15) is 0 Å². The number of rotatable bonds is 8. The Morgan fingerprint density at radius 3 is 2.69 bits per heavy atom. The molecular weight excluding hydrogens is 400 g/mol. The van der Waals surface area contributed by atoms with Crippen LogP contribution in [0.15, 0.2) is 53.0 Å². The summed E-state index contributed by atoms with van der Waals surface area (Å²) in [4.78, 5) is 12.1. The maximum absolute atomic E-state index is 12.1. The molecule has 1 aliphatic rings. The fourth-order valence-electron chi connectivity index (χ4n) is 2.60. The summed E-state index contributed by atoms with van der Waals surface area (Å²) < 4.78 is 22.7. The van der Waals surface area contributed by atoms with Gasteiger partial charge in [0.1, 0.15) is 31.3 Å². The number of ether oxygens (including phenoxy) is 4. The Kier molecular flexibility index (Phi) is 6.91. The summed E-state index contributed by atoms with van der Waals surface area (Å²) in [7, 11) is 0. The predicted octanol–water partition coefficient (Wildman–Crippen LogP) is 4.24. The zero-order valence-corrected chi connectivity index (χ0v) is 15.9. The SMILES string of the molecule is O=C(OCCOc1ccccc1)c1ccc(OCC2CCCO2)c(Br)c1. The van der Waals surface area contributed by atoms with Crippen molar-refractivity contribution in [2.45, 2.75) is 18.9 Å². The van der Waals surface area contributed by atoms with Crippen LogP contribution in [0.5, 0.6) is 11.5 Å². The van der Waals surface area contributed by atoms with E-state index in [9.17, 15) is 4.79 Å². The minimum atomic E-state index is -0.395. The van der Waals surface area contributed by atoms with Crippen LogP contribution >= 0.6 is 15.9 Å². The molecule has 6 heteroatoms. The van der Waals surface area contributed by atoms with Crippen LogP contribution in [0.2, 0.25) is 0 Å². The van der Waals surface area contributed by atoms with Crippen molar-refractivity contribution < 1.29 is 23.7 Å². The predicted molar refractivity (Wildman–Crippen MR) is 101 cm³/mol. The second kappa shape index (κ2) is 9.59. The molecule has 5 nitrogen and oxygen atoms in total. The van der Waals surface area contributed by atoms with E-state index in [-0.39, 0.29) is 12.7 Å². The average molecular weight is 421 g/mol. The van der Waals surface area contributed by atoms with Crippen molar-refractivity contribution in [1.82, 2.24) is 0 Å². The summed E-state index contributed by atoms with van der Waals surface area (Å²) in [6, 6.07) is 14.6. The van der Waals surface area contributed by atoms with Crippen LogP contribution < -0.4 is 9.47 Å². The third kappa shape index (κ3) is 5.47. The first-order valence-corrected chi connectivity index (χ1v) is 9.40. The number of hydrogen-bond acceptors (Lipinski definition) is 5. The topological polar surface area (TPSA) is 54.0 Å². The monoisotopic (exact) mass is 420 g/mol. The largest absolute Gasteiger partial charge is 0.490 e. The summed E-state index contributed by atoms with van der Waals surface area (Å²) >= 11 is 3.44. The minimum Gasteiger partial charge on any atom is -0.490 e. The maximum atomic E-state index is 12.1. The lowest BCUT2D eigenvalue weighted by molar-refractivity contribution is 0.0450. The Morgan fingerprint density at radius 1 is 1.12 bits per heavy atom. The first-order valence-electron chi connectivity index (χ1n) is 8.61. The number of carbonyl (C=O) groups excluding carboxylic acids is 1. The Balaban J connectivity index is 1.44. The number of esters is 1. The molecule has 1 heterocycles. The van der Waals surface area contributed by atoms with E-state index in [1.54, 1.807) is 18.2 Å². The molecule has 1 atom stereocenters. The fourth-order valence-corrected chi connectivity index (χ4v) is 3.09. The highest BCUT2D eigenvalue weighted by atomic mass is 79.9. The molecule has 1 aliphatic heterocycles. The van der Waals surface area contributed by atoms with Gasteiger partial charge in [-0.15, -0.1) is 0 Å². The maximum Gasteiger partial charge on any atom is 0.338 e. The van der Waals surface area contributed by atoms with Gasteiger partial charge in [0.05, 0.1) is 16.1 Å². The summed E-state index contributed by atoms with van der Waals surface area (Å²) in [6.45, 7) is 1.80. The Bertz CT molecular complexity index is 713. The molecule has 0 saturated carbocycles. The molecule has 2 aromatic rings. The Labute approximate surface area is 161 Å². The van der Waals surface area contributed by atoms with E-state index in [1.165, 1.54) is 0 Å². The molecule has 0 radical (unpaired) electrons. The molecule has 138 valence electrons. The van der Waals surface area contributed by atoms with Gasteiger partial charge in [0.2, 0.25) is 0 Å². The molecule has 0 aliphatic carbocycles. The van der Waals surface area contributed by atoms with E-state index in [1.807, 2.05) is 30.3 Å². The third-order valence-corrected chi connectivity index (χ3v) is 4.56. The van der Waals surface area contributed by atoms with E-state index in [2.05, 4.69) is 15.9 Å². The molecular formula is C20H21BrO5. The van der Waals surface area contributed by atoms with Crippen molar-refractivity contribution in [2.24, 2.45) is 0 Å². The number of benzene rings is 2. The van der Waals surface area contributed by atoms with Crippen LogP contribution in [-0.4, -0.2) is 38.5 Å². The highest BCUT2D eigenvalue weighted by molar-refractivity contribution is 9.10. The molecule has 1 fully saturated rings. The molecule has 26 heavy (non-hydrogen) atoms. The van der Waals surface area contributed by atoms with Crippen molar-refractivity contribution in [2.75, 3.05) is 26.4 Å². The summed E-state index contributed by atoms with van der Waals surface area (Å²) in [6.07, 6.45) is 2.25. The summed E-state index contributed by atoms with van der Waals surface area (Å²) in [5.41, 5.74) is 0.459. The fraction of sp³-hybridized carbons (Fsp3) is 0.350. The quantitative estimate of drug-likeness (QED) is 0.472. The zero-order chi connectivity index (χ0) is 18.2. The molecule has 1 saturated heterocycles. The first kappa shape index (κ1) is 18.7. The van der Waals surface area contributed by atoms with Crippen LogP contribution in [0.3, 0.4) is 0 Å². The smallest absolute Gasteiger partial charge is 0.338 e. The number of hydrogen-bond donors (Lipinski definition) is 0.